The average Bonchev–Trinajstić information content (AvgIpc) is 2.80. The van der Waals surface area contributed by atoms with Gasteiger partial charge in [-0.15, -0.1) is 0 Å². The summed E-state index contributed by atoms with van der Waals surface area (Å²) >= 11 is 0. The number of hydrogen-bond donors (Lipinski definition) is 0. The number of ether oxygens (including phenoxy) is 2. The van der Waals surface area contributed by atoms with Gasteiger partial charge in [-0.2, -0.15) is 0 Å². The molecule has 2 saturated heterocycles. The Kier molecular flexibility index (Phi) is 5.98. The van der Waals surface area contributed by atoms with Crippen molar-refractivity contribution >= 4 is 22.8 Å². The fourth-order valence-corrected chi connectivity index (χ4v) is 4.46. The van der Waals surface area contributed by atoms with Crippen LogP contribution in [-0.4, -0.2) is 63.8 Å². The molecular formula is C26H31N5O3. The predicted octanol–water partition coefficient (Wildman–Crippen LogP) is 4.41. The molecule has 8 heteroatoms. The van der Waals surface area contributed by atoms with Crippen molar-refractivity contribution in [3.05, 3.63) is 54.5 Å². The Hall–Kier alpha value is -3.42. The van der Waals surface area contributed by atoms with Crippen molar-refractivity contribution in [1.82, 2.24) is 19.9 Å². The standard InChI is InChI=1S/C26H31N5O3/c1-26(2,3)34-25(32)30-14-10-19(11-15-30)23-24(28-13-12-27-23)33-20-16-31(17-20)22-9-8-18-6-4-5-7-21(18)29-22/h4-9,12-13,19-20H,10-11,14-17H2,1-3H3. The highest BCUT2D eigenvalue weighted by molar-refractivity contribution is 5.80. The summed E-state index contributed by atoms with van der Waals surface area (Å²) in [6.45, 7) is 8.47. The zero-order valence-corrected chi connectivity index (χ0v) is 20.0. The lowest BCUT2D eigenvalue weighted by molar-refractivity contribution is 0.0203. The molecule has 0 bridgehead atoms. The molecule has 0 N–H and O–H groups in total. The van der Waals surface area contributed by atoms with E-state index in [1.165, 1.54) is 0 Å². The Morgan fingerprint density at radius 2 is 1.74 bits per heavy atom. The van der Waals surface area contributed by atoms with Crippen LogP contribution in [0.15, 0.2) is 48.8 Å². The van der Waals surface area contributed by atoms with Crippen LogP contribution in [0.3, 0.4) is 0 Å². The van der Waals surface area contributed by atoms with Gasteiger partial charge in [0, 0.05) is 36.8 Å². The van der Waals surface area contributed by atoms with Crippen LogP contribution in [0.5, 0.6) is 5.88 Å². The van der Waals surface area contributed by atoms with Gasteiger partial charge >= 0.3 is 6.09 Å². The normalized spacial score (nSPS) is 17.5. The molecule has 0 radical (unpaired) electrons. The maximum absolute atomic E-state index is 12.4. The molecule has 0 atom stereocenters. The minimum Gasteiger partial charge on any atom is -0.469 e. The summed E-state index contributed by atoms with van der Waals surface area (Å²) in [6, 6.07) is 12.3. The maximum atomic E-state index is 12.4. The van der Waals surface area contributed by atoms with Crippen molar-refractivity contribution in [3.63, 3.8) is 0 Å². The van der Waals surface area contributed by atoms with Gasteiger partial charge in [0.25, 0.3) is 0 Å². The number of anilines is 1. The van der Waals surface area contributed by atoms with E-state index in [-0.39, 0.29) is 18.1 Å². The summed E-state index contributed by atoms with van der Waals surface area (Å²) < 4.78 is 11.8. The Morgan fingerprint density at radius 1 is 1.00 bits per heavy atom. The molecule has 0 saturated carbocycles. The van der Waals surface area contributed by atoms with E-state index in [1.54, 1.807) is 17.3 Å². The van der Waals surface area contributed by atoms with E-state index >= 15 is 0 Å². The SMILES string of the molecule is CC(C)(C)OC(=O)N1CCC(c2nccnc2OC2CN(c3ccc4ccccc4n3)C2)CC1. The molecule has 2 aliphatic rings. The number of carbonyl (C=O) groups is 1. The largest absolute Gasteiger partial charge is 0.469 e. The molecule has 0 unspecified atom stereocenters. The topological polar surface area (TPSA) is 80.7 Å². The van der Waals surface area contributed by atoms with E-state index in [0.717, 1.165) is 48.3 Å². The molecule has 3 aromatic rings. The van der Waals surface area contributed by atoms with Gasteiger partial charge in [0.1, 0.15) is 23.2 Å². The highest BCUT2D eigenvalue weighted by Crippen LogP contribution is 2.33. The van der Waals surface area contributed by atoms with Crippen molar-refractivity contribution in [2.45, 2.75) is 51.2 Å². The van der Waals surface area contributed by atoms with Gasteiger partial charge < -0.3 is 19.3 Å². The van der Waals surface area contributed by atoms with Crippen molar-refractivity contribution in [1.29, 1.82) is 0 Å². The van der Waals surface area contributed by atoms with E-state index in [4.69, 9.17) is 14.5 Å². The molecule has 178 valence electrons. The molecule has 0 spiro atoms. The number of amides is 1. The first-order valence-electron chi connectivity index (χ1n) is 11.9. The lowest BCUT2D eigenvalue weighted by Crippen LogP contribution is -2.54. The van der Waals surface area contributed by atoms with E-state index < -0.39 is 5.60 Å². The smallest absolute Gasteiger partial charge is 0.410 e. The molecule has 5 rings (SSSR count). The van der Waals surface area contributed by atoms with Crippen LogP contribution in [0.4, 0.5) is 10.6 Å². The summed E-state index contributed by atoms with van der Waals surface area (Å²) in [7, 11) is 0. The summed E-state index contributed by atoms with van der Waals surface area (Å²) in [6.07, 6.45) is 4.81. The van der Waals surface area contributed by atoms with Crippen LogP contribution in [0.25, 0.3) is 10.9 Å². The lowest BCUT2D eigenvalue weighted by Gasteiger charge is -2.40. The van der Waals surface area contributed by atoms with Crippen molar-refractivity contribution in [2.24, 2.45) is 0 Å². The number of benzene rings is 1. The second kappa shape index (κ2) is 9.08. The van der Waals surface area contributed by atoms with Crippen molar-refractivity contribution in [2.75, 3.05) is 31.1 Å². The fraction of sp³-hybridized carbons (Fsp3) is 0.462. The zero-order valence-electron chi connectivity index (χ0n) is 20.0. The maximum Gasteiger partial charge on any atom is 0.410 e. The number of likely N-dealkylation sites (tertiary alicyclic amines) is 1. The summed E-state index contributed by atoms with van der Waals surface area (Å²) in [5.74, 6) is 1.78. The van der Waals surface area contributed by atoms with Gasteiger partial charge in [-0.05, 0) is 51.8 Å². The van der Waals surface area contributed by atoms with E-state index in [1.807, 2.05) is 39.0 Å². The van der Waals surface area contributed by atoms with Crippen LogP contribution in [0, 0.1) is 0 Å². The summed E-state index contributed by atoms with van der Waals surface area (Å²) in [5.41, 5.74) is 1.39. The first kappa shape index (κ1) is 22.4. The summed E-state index contributed by atoms with van der Waals surface area (Å²) in [5, 5.41) is 1.14. The molecule has 2 fully saturated rings. The number of piperidine rings is 1. The minimum atomic E-state index is -0.487. The van der Waals surface area contributed by atoms with Crippen molar-refractivity contribution < 1.29 is 14.3 Å². The molecular weight excluding hydrogens is 430 g/mol. The second-order valence-corrected chi connectivity index (χ2v) is 10.00. The van der Waals surface area contributed by atoms with E-state index in [9.17, 15) is 4.79 Å². The number of aromatic nitrogens is 3. The highest BCUT2D eigenvalue weighted by Gasteiger charge is 2.33. The van der Waals surface area contributed by atoms with Gasteiger partial charge in [0.15, 0.2) is 0 Å². The molecule has 4 heterocycles. The Morgan fingerprint density at radius 3 is 2.50 bits per heavy atom. The van der Waals surface area contributed by atoms with Crippen LogP contribution in [0.1, 0.15) is 45.2 Å². The third-order valence-electron chi connectivity index (χ3n) is 6.26. The highest BCUT2D eigenvalue weighted by atomic mass is 16.6. The van der Waals surface area contributed by atoms with Gasteiger partial charge in [0.2, 0.25) is 5.88 Å². The number of pyridine rings is 1. The molecule has 34 heavy (non-hydrogen) atoms. The number of carbonyl (C=O) groups excluding carboxylic acids is 1. The van der Waals surface area contributed by atoms with Gasteiger partial charge in [-0.1, -0.05) is 18.2 Å². The quantitative estimate of drug-likeness (QED) is 0.569. The van der Waals surface area contributed by atoms with Gasteiger partial charge in [-0.25, -0.2) is 14.8 Å². The fourth-order valence-electron chi connectivity index (χ4n) is 4.46. The number of hydrogen-bond acceptors (Lipinski definition) is 7. The Labute approximate surface area is 199 Å². The minimum absolute atomic E-state index is 0.0468. The molecule has 0 aliphatic carbocycles. The second-order valence-electron chi connectivity index (χ2n) is 10.00. The monoisotopic (exact) mass is 461 g/mol. The molecule has 8 nitrogen and oxygen atoms in total. The van der Waals surface area contributed by atoms with Gasteiger partial charge in [-0.3, -0.25) is 4.98 Å². The first-order valence-corrected chi connectivity index (χ1v) is 11.9. The Bertz CT molecular complexity index is 1160. The summed E-state index contributed by atoms with van der Waals surface area (Å²) in [4.78, 5) is 30.2. The Balaban J connectivity index is 1.18. The third-order valence-corrected chi connectivity index (χ3v) is 6.26. The third kappa shape index (κ3) is 4.90. The number of nitrogens with zero attached hydrogens (tertiary/aromatic N) is 5. The predicted molar refractivity (Wildman–Crippen MR) is 130 cm³/mol. The van der Waals surface area contributed by atoms with Gasteiger partial charge in [0.05, 0.1) is 18.6 Å². The molecule has 1 aromatic carbocycles. The van der Waals surface area contributed by atoms with Crippen LogP contribution < -0.4 is 9.64 Å². The molecule has 2 aliphatic heterocycles. The zero-order chi connectivity index (χ0) is 23.7. The van der Waals surface area contributed by atoms with Crippen LogP contribution >= 0.6 is 0 Å². The van der Waals surface area contributed by atoms with E-state index in [2.05, 4.69) is 33.1 Å². The van der Waals surface area contributed by atoms with Crippen molar-refractivity contribution in [3.8, 4) is 5.88 Å². The molecule has 1 amide bonds. The number of fused-ring (bicyclic) bond motifs is 1. The lowest BCUT2D eigenvalue weighted by atomic mass is 9.93. The van der Waals surface area contributed by atoms with Crippen LogP contribution in [-0.2, 0) is 4.74 Å². The average molecular weight is 462 g/mol. The number of para-hydroxylation sites is 1. The number of rotatable bonds is 4. The van der Waals surface area contributed by atoms with E-state index in [0.29, 0.717) is 19.0 Å². The molecule has 2 aromatic heterocycles. The van der Waals surface area contributed by atoms with Crippen LogP contribution in [0.2, 0.25) is 0 Å². The first-order chi connectivity index (χ1) is 16.4.